The van der Waals surface area contributed by atoms with Crippen LogP contribution in [0.4, 0.5) is 5.69 Å². The number of carbonyl (C=O) groups is 2. The third-order valence-electron chi connectivity index (χ3n) is 3.99. The molecule has 21 heavy (non-hydrogen) atoms. The number of rotatable bonds is 3. The number of carbonyl (C=O) groups excluding carboxylic acids is 2. The molecular weight excluding hydrogens is 284 g/mol. The Labute approximate surface area is 129 Å². The van der Waals surface area contributed by atoms with Crippen LogP contribution in [0.5, 0.6) is 0 Å². The van der Waals surface area contributed by atoms with Crippen LogP contribution in [0.1, 0.15) is 26.2 Å². The molecule has 4 nitrogen and oxygen atoms in total. The Morgan fingerprint density at radius 3 is 2.95 bits per heavy atom. The minimum atomic E-state index is 0.120. The Morgan fingerprint density at radius 2 is 2.19 bits per heavy atom. The highest BCUT2D eigenvalue weighted by Gasteiger charge is 2.27. The molecular formula is C16H20N2O2S. The summed E-state index contributed by atoms with van der Waals surface area (Å²) in [5.74, 6) is 0.306. The van der Waals surface area contributed by atoms with E-state index in [0.717, 1.165) is 25.2 Å². The molecule has 2 aliphatic rings. The zero-order valence-electron chi connectivity index (χ0n) is 12.2. The molecule has 112 valence electrons. The lowest BCUT2D eigenvalue weighted by molar-refractivity contribution is -0.128. The van der Waals surface area contributed by atoms with Crippen LogP contribution in [-0.4, -0.2) is 41.6 Å². The van der Waals surface area contributed by atoms with Gasteiger partial charge in [-0.25, -0.2) is 0 Å². The summed E-state index contributed by atoms with van der Waals surface area (Å²) >= 11 is 1.82. The number of fused-ring (bicyclic) bond motifs is 1. The maximum absolute atomic E-state index is 12.5. The lowest BCUT2D eigenvalue weighted by Gasteiger charge is -2.33. The van der Waals surface area contributed by atoms with E-state index in [1.165, 1.54) is 4.90 Å². The van der Waals surface area contributed by atoms with Crippen molar-refractivity contribution in [2.75, 3.05) is 24.5 Å². The molecule has 3 rings (SSSR count). The third-order valence-corrected chi connectivity index (χ3v) is 5.14. The lowest BCUT2D eigenvalue weighted by Crippen LogP contribution is -2.40. The topological polar surface area (TPSA) is 40.6 Å². The Hall–Kier alpha value is -1.49. The summed E-state index contributed by atoms with van der Waals surface area (Å²) in [6, 6.07) is 8.06. The Kier molecular flexibility index (Phi) is 4.19. The number of benzene rings is 1. The van der Waals surface area contributed by atoms with Crippen molar-refractivity contribution in [1.82, 2.24) is 4.90 Å². The van der Waals surface area contributed by atoms with Gasteiger partial charge in [0, 0.05) is 42.6 Å². The van der Waals surface area contributed by atoms with E-state index in [9.17, 15) is 9.59 Å². The molecule has 2 amide bonds. The van der Waals surface area contributed by atoms with E-state index in [4.69, 9.17) is 0 Å². The highest BCUT2D eigenvalue weighted by Crippen LogP contribution is 2.38. The zero-order valence-corrected chi connectivity index (χ0v) is 13.1. The summed E-state index contributed by atoms with van der Waals surface area (Å²) in [6.45, 7) is 4.24. The Bertz CT molecular complexity index is 561. The molecule has 0 N–H and O–H groups in total. The molecule has 1 fully saturated rings. The van der Waals surface area contributed by atoms with Gasteiger partial charge in [0.1, 0.15) is 0 Å². The van der Waals surface area contributed by atoms with Crippen molar-refractivity contribution in [2.24, 2.45) is 0 Å². The first-order chi connectivity index (χ1) is 10.1. The van der Waals surface area contributed by atoms with Crippen molar-refractivity contribution in [3.63, 3.8) is 0 Å². The second-order valence-corrected chi connectivity index (χ2v) is 7.12. The van der Waals surface area contributed by atoms with E-state index in [1.54, 1.807) is 0 Å². The van der Waals surface area contributed by atoms with Crippen molar-refractivity contribution in [3.05, 3.63) is 24.3 Å². The predicted molar refractivity (Wildman–Crippen MR) is 84.5 cm³/mol. The van der Waals surface area contributed by atoms with E-state index in [-0.39, 0.29) is 11.8 Å². The van der Waals surface area contributed by atoms with Gasteiger partial charge in [0.25, 0.3) is 0 Å². The minimum absolute atomic E-state index is 0.120. The van der Waals surface area contributed by atoms with Crippen LogP contribution in [-0.2, 0) is 9.59 Å². The van der Waals surface area contributed by atoms with Crippen molar-refractivity contribution < 1.29 is 9.59 Å². The third kappa shape index (κ3) is 3.07. The average molecular weight is 304 g/mol. The summed E-state index contributed by atoms with van der Waals surface area (Å²) < 4.78 is 0. The zero-order chi connectivity index (χ0) is 14.8. The molecule has 2 aliphatic heterocycles. The number of thioether (sulfide) groups is 1. The lowest BCUT2D eigenvalue weighted by atomic mass is 10.2. The first kappa shape index (κ1) is 14.4. The number of anilines is 1. The van der Waals surface area contributed by atoms with Gasteiger partial charge < -0.3 is 9.80 Å². The van der Waals surface area contributed by atoms with Gasteiger partial charge in [0.2, 0.25) is 11.8 Å². The number of hydrogen-bond acceptors (Lipinski definition) is 3. The van der Waals surface area contributed by atoms with Gasteiger partial charge in [-0.1, -0.05) is 19.1 Å². The first-order valence-corrected chi connectivity index (χ1v) is 8.37. The Balaban J connectivity index is 1.68. The van der Waals surface area contributed by atoms with Gasteiger partial charge in [0.15, 0.2) is 0 Å². The molecule has 0 saturated carbocycles. The second-order valence-electron chi connectivity index (χ2n) is 5.63. The first-order valence-electron chi connectivity index (χ1n) is 7.49. The molecule has 2 heterocycles. The van der Waals surface area contributed by atoms with Crippen LogP contribution in [0.2, 0.25) is 0 Å². The highest BCUT2D eigenvalue weighted by molar-refractivity contribution is 8.00. The van der Waals surface area contributed by atoms with Crippen molar-refractivity contribution >= 4 is 29.3 Å². The van der Waals surface area contributed by atoms with E-state index in [1.807, 2.05) is 39.8 Å². The fourth-order valence-electron chi connectivity index (χ4n) is 2.93. The maximum Gasteiger partial charge on any atom is 0.228 e. The summed E-state index contributed by atoms with van der Waals surface area (Å²) in [7, 11) is 0. The smallest absolute Gasteiger partial charge is 0.228 e. The quantitative estimate of drug-likeness (QED) is 0.861. The number of likely N-dealkylation sites (tertiary alicyclic amines) is 1. The molecule has 0 aliphatic carbocycles. The molecule has 0 bridgehead atoms. The standard InChI is InChI=1S/C16H20N2O2S/c1-12-11-18(13-5-2-3-6-14(13)21-12)16(20)8-10-17-9-4-7-15(17)19/h2-3,5-6,12H,4,7-11H2,1H3/t12-/m0/s1. The van der Waals surface area contributed by atoms with Gasteiger partial charge in [-0.05, 0) is 18.6 Å². The van der Waals surface area contributed by atoms with E-state index < -0.39 is 0 Å². The van der Waals surface area contributed by atoms with Crippen LogP contribution in [0.15, 0.2) is 29.2 Å². The summed E-state index contributed by atoms with van der Waals surface area (Å²) in [6.07, 6.45) is 1.97. The molecule has 1 aromatic rings. The number of hydrogen-bond donors (Lipinski definition) is 0. The van der Waals surface area contributed by atoms with Gasteiger partial charge >= 0.3 is 0 Å². The molecule has 0 radical (unpaired) electrons. The summed E-state index contributed by atoms with van der Waals surface area (Å²) in [4.78, 5) is 29.0. The number of para-hydroxylation sites is 1. The molecule has 5 heteroatoms. The average Bonchev–Trinajstić information content (AvgIpc) is 2.89. The minimum Gasteiger partial charge on any atom is -0.342 e. The molecule has 1 aromatic carbocycles. The second kappa shape index (κ2) is 6.10. The normalized spacial score (nSPS) is 21.6. The van der Waals surface area contributed by atoms with Crippen molar-refractivity contribution in [1.29, 1.82) is 0 Å². The largest absolute Gasteiger partial charge is 0.342 e. The van der Waals surface area contributed by atoms with Gasteiger partial charge in [-0.15, -0.1) is 11.8 Å². The van der Waals surface area contributed by atoms with Gasteiger partial charge in [-0.3, -0.25) is 9.59 Å². The van der Waals surface area contributed by atoms with Crippen molar-refractivity contribution in [3.8, 4) is 0 Å². The summed E-state index contributed by atoms with van der Waals surface area (Å²) in [5.41, 5.74) is 1.01. The predicted octanol–water partition coefficient (Wildman–Crippen LogP) is 2.53. The van der Waals surface area contributed by atoms with Gasteiger partial charge in [-0.2, -0.15) is 0 Å². The van der Waals surface area contributed by atoms with E-state index in [2.05, 4.69) is 13.0 Å². The van der Waals surface area contributed by atoms with Crippen LogP contribution < -0.4 is 4.90 Å². The molecule has 0 unspecified atom stereocenters. The molecule has 1 atom stereocenters. The number of amides is 2. The molecule has 0 aromatic heterocycles. The van der Waals surface area contributed by atoms with Gasteiger partial charge in [0.05, 0.1) is 5.69 Å². The molecule has 1 saturated heterocycles. The van der Waals surface area contributed by atoms with Crippen LogP contribution >= 0.6 is 11.8 Å². The monoisotopic (exact) mass is 304 g/mol. The number of nitrogens with zero attached hydrogens (tertiary/aromatic N) is 2. The van der Waals surface area contributed by atoms with Crippen molar-refractivity contribution in [2.45, 2.75) is 36.3 Å². The van der Waals surface area contributed by atoms with E-state index >= 15 is 0 Å². The van der Waals surface area contributed by atoms with Crippen LogP contribution in [0, 0.1) is 0 Å². The highest BCUT2D eigenvalue weighted by atomic mass is 32.2. The molecule has 0 spiro atoms. The van der Waals surface area contributed by atoms with Crippen LogP contribution in [0.3, 0.4) is 0 Å². The fourth-order valence-corrected chi connectivity index (χ4v) is 4.04. The van der Waals surface area contributed by atoms with Crippen LogP contribution in [0.25, 0.3) is 0 Å². The van der Waals surface area contributed by atoms with E-state index in [0.29, 0.717) is 24.6 Å². The maximum atomic E-state index is 12.5. The fraction of sp³-hybridized carbons (Fsp3) is 0.500. The SMILES string of the molecule is C[C@H]1CN(C(=O)CCN2CCCC2=O)c2ccccc2S1. The Morgan fingerprint density at radius 1 is 1.38 bits per heavy atom. The summed E-state index contributed by atoms with van der Waals surface area (Å²) in [5, 5.41) is 0.400.